The van der Waals surface area contributed by atoms with Crippen molar-refractivity contribution < 1.29 is 22.7 Å². The van der Waals surface area contributed by atoms with Gasteiger partial charge in [-0.05, 0) is 37.8 Å². The predicted octanol–water partition coefficient (Wildman–Crippen LogP) is 5.64. The zero-order chi connectivity index (χ0) is 20.5. The summed E-state index contributed by atoms with van der Waals surface area (Å²) < 4.78 is 45.0. The Morgan fingerprint density at radius 2 is 2.18 bits per heavy atom. The van der Waals surface area contributed by atoms with E-state index in [9.17, 15) is 18.0 Å². The Bertz CT molecular complexity index is 887. The minimum atomic E-state index is -4.18. The molecule has 1 atom stereocenters. The summed E-state index contributed by atoms with van der Waals surface area (Å²) in [6.45, 7) is 5.78. The van der Waals surface area contributed by atoms with Gasteiger partial charge >= 0.3 is 12.1 Å². The molecule has 0 fully saturated rings. The fraction of sp³-hybridized carbons (Fsp3) is 0.500. The van der Waals surface area contributed by atoms with Crippen molar-refractivity contribution in [1.82, 2.24) is 15.2 Å². The van der Waals surface area contributed by atoms with Gasteiger partial charge in [0.05, 0.1) is 21.5 Å². The smallest absolute Gasteiger partial charge is 0.392 e. The number of aryl methyl sites for hydroxylation is 1. The average Bonchev–Trinajstić information content (AvgIpc) is 3.20. The molecule has 1 unspecified atom stereocenters. The number of hydrogen-bond acceptors (Lipinski definition) is 6. The van der Waals surface area contributed by atoms with Gasteiger partial charge in [-0.1, -0.05) is 31.3 Å². The van der Waals surface area contributed by atoms with Gasteiger partial charge in [-0.25, -0.2) is 9.78 Å². The Hall–Kier alpha value is -1.81. The molecule has 0 bridgehead atoms. The molecular formula is C18H20F3N3O2S2. The van der Waals surface area contributed by atoms with E-state index in [0.29, 0.717) is 17.8 Å². The van der Waals surface area contributed by atoms with Crippen molar-refractivity contribution in [1.29, 1.82) is 0 Å². The summed E-state index contributed by atoms with van der Waals surface area (Å²) in [5.74, 6) is -1.91. The minimum Gasteiger partial charge on any atom is -0.393 e. The van der Waals surface area contributed by atoms with Crippen molar-refractivity contribution in [3.05, 3.63) is 29.2 Å². The summed E-state index contributed by atoms with van der Waals surface area (Å²) in [5.41, 5.74) is 2.28. The standard InChI is InChI=1S/C18H20F3N3O2S2/c1-9(2)27-16-14(11-4-6-12(7-5-11)18(19,20)21)22-17(28-16)26-15(25)13-8-10(3)23-24-13/h4,8-9,12H,5-7H2,1-3H3,(H,23,24). The number of alkyl halides is 3. The number of allylic oxidation sites excluding steroid dienone is 2. The highest BCUT2D eigenvalue weighted by molar-refractivity contribution is 8.01. The summed E-state index contributed by atoms with van der Waals surface area (Å²) in [7, 11) is 0. The van der Waals surface area contributed by atoms with Crippen LogP contribution < -0.4 is 4.74 Å². The second-order valence-electron chi connectivity index (χ2n) is 6.84. The highest BCUT2D eigenvalue weighted by Gasteiger charge is 2.40. The maximum Gasteiger partial charge on any atom is 0.392 e. The van der Waals surface area contributed by atoms with Gasteiger partial charge in [0.1, 0.15) is 5.69 Å². The van der Waals surface area contributed by atoms with Crippen LogP contribution in [0.2, 0.25) is 0 Å². The van der Waals surface area contributed by atoms with E-state index in [1.54, 1.807) is 30.8 Å². The zero-order valence-electron chi connectivity index (χ0n) is 15.6. The van der Waals surface area contributed by atoms with E-state index in [1.165, 1.54) is 11.3 Å². The van der Waals surface area contributed by atoms with E-state index in [0.717, 1.165) is 9.78 Å². The number of hydrogen-bond donors (Lipinski definition) is 1. The highest BCUT2D eigenvalue weighted by Crippen LogP contribution is 2.44. The number of thiazole rings is 1. The Kier molecular flexibility index (Phi) is 6.18. The van der Waals surface area contributed by atoms with Crippen LogP contribution in [-0.4, -0.2) is 32.6 Å². The number of nitrogens with zero attached hydrogens (tertiary/aromatic N) is 2. The molecule has 0 amide bonds. The average molecular weight is 432 g/mol. The molecule has 5 nitrogen and oxygen atoms in total. The van der Waals surface area contributed by atoms with Crippen molar-refractivity contribution in [3.63, 3.8) is 0 Å². The summed E-state index contributed by atoms with van der Waals surface area (Å²) >= 11 is 2.78. The molecule has 0 saturated carbocycles. The molecule has 1 N–H and O–H groups in total. The molecule has 0 spiro atoms. The number of halogens is 3. The SMILES string of the molecule is Cc1cc(C(=O)Oc2nc(C3=CCC(C(F)(F)F)CC3)c(SC(C)C)s2)[nH]n1. The number of esters is 1. The third-order valence-electron chi connectivity index (χ3n) is 4.20. The number of H-pyrrole nitrogens is 1. The van der Waals surface area contributed by atoms with Gasteiger partial charge in [0.15, 0.2) is 0 Å². The van der Waals surface area contributed by atoms with Crippen LogP contribution in [0.25, 0.3) is 5.57 Å². The molecule has 1 aliphatic carbocycles. The highest BCUT2D eigenvalue weighted by atomic mass is 32.2. The first-order valence-corrected chi connectivity index (χ1v) is 10.5. The largest absolute Gasteiger partial charge is 0.393 e. The van der Waals surface area contributed by atoms with Crippen LogP contribution in [0.5, 0.6) is 5.19 Å². The molecule has 28 heavy (non-hydrogen) atoms. The fourth-order valence-electron chi connectivity index (χ4n) is 2.84. The van der Waals surface area contributed by atoms with Gasteiger partial charge in [0.25, 0.3) is 5.19 Å². The lowest BCUT2D eigenvalue weighted by molar-refractivity contribution is -0.175. The van der Waals surface area contributed by atoms with Gasteiger partial charge < -0.3 is 4.74 Å². The lowest BCUT2D eigenvalue weighted by atomic mass is 9.88. The molecule has 2 aromatic heterocycles. The van der Waals surface area contributed by atoms with Crippen molar-refractivity contribution >= 4 is 34.6 Å². The Morgan fingerprint density at radius 1 is 1.43 bits per heavy atom. The summed E-state index contributed by atoms with van der Waals surface area (Å²) in [6.07, 6.45) is -2.27. The van der Waals surface area contributed by atoms with Gasteiger partial charge in [-0.3, -0.25) is 5.10 Å². The lowest BCUT2D eigenvalue weighted by Crippen LogP contribution is -2.24. The van der Waals surface area contributed by atoms with Crippen molar-refractivity contribution in [2.24, 2.45) is 5.92 Å². The first-order chi connectivity index (χ1) is 13.1. The lowest BCUT2D eigenvalue weighted by Gasteiger charge is -2.23. The van der Waals surface area contributed by atoms with Crippen LogP contribution in [0.4, 0.5) is 13.2 Å². The fourth-order valence-corrected chi connectivity index (χ4v) is 5.22. The maximum absolute atomic E-state index is 12.9. The number of nitrogens with one attached hydrogen (secondary N) is 1. The number of carbonyl (C=O) groups is 1. The van der Waals surface area contributed by atoms with Crippen LogP contribution >= 0.6 is 23.1 Å². The minimum absolute atomic E-state index is 0.0428. The van der Waals surface area contributed by atoms with Crippen LogP contribution in [0.3, 0.4) is 0 Å². The van der Waals surface area contributed by atoms with Crippen LogP contribution in [-0.2, 0) is 0 Å². The molecular weight excluding hydrogens is 411 g/mol. The molecule has 0 radical (unpaired) electrons. The predicted molar refractivity (Wildman–Crippen MR) is 103 cm³/mol. The number of rotatable bonds is 5. The molecule has 2 heterocycles. The normalized spacial score (nSPS) is 17.7. The molecule has 0 saturated heterocycles. The van der Waals surface area contributed by atoms with E-state index in [1.807, 2.05) is 13.8 Å². The third-order valence-corrected chi connectivity index (χ3v) is 6.35. The molecule has 0 aliphatic heterocycles. The molecule has 152 valence electrons. The monoisotopic (exact) mass is 431 g/mol. The van der Waals surface area contributed by atoms with Crippen molar-refractivity contribution in [2.45, 2.75) is 55.7 Å². The van der Waals surface area contributed by atoms with E-state index in [2.05, 4.69) is 15.2 Å². The van der Waals surface area contributed by atoms with E-state index in [-0.39, 0.29) is 29.0 Å². The molecule has 10 heteroatoms. The third kappa shape index (κ3) is 4.96. The van der Waals surface area contributed by atoms with Crippen LogP contribution in [0.15, 0.2) is 16.4 Å². The van der Waals surface area contributed by atoms with Gasteiger partial charge in [-0.2, -0.15) is 18.3 Å². The second-order valence-corrected chi connectivity index (χ2v) is 9.64. The Labute approximate surface area is 168 Å². The van der Waals surface area contributed by atoms with E-state index >= 15 is 0 Å². The number of ether oxygens (including phenoxy) is 1. The number of carbonyl (C=O) groups excluding carboxylic acids is 1. The number of aromatic amines is 1. The summed E-state index contributed by atoms with van der Waals surface area (Å²) in [4.78, 5) is 16.6. The topological polar surface area (TPSA) is 67.9 Å². The van der Waals surface area contributed by atoms with E-state index in [4.69, 9.17) is 4.74 Å². The maximum atomic E-state index is 12.9. The van der Waals surface area contributed by atoms with E-state index < -0.39 is 18.1 Å². The van der Waals surface area contributed by atoms with Gasteiger partial charge in [0.2, 0.25) is 0 Å². The van der Waals surface area contributed by atoms with Gasteiger partial charge in [-0.15, -0.1) is 11.8 Å². The first kappa shape index (κ1) is 20.9. The number of aromatic nitrogens is 3. The van der Waals surface area contributed by atoms with Crippen molar-refractivity contribution in [2.75, 3.05) is 0 Å². The molecule has 0 aromatic carbocycles. The Morgan fingerprint density at radius 3 is 2.71 bits per heavy atom. The second kappa shape index (κ2) is 8.28. The van der Waals surface area contributed by atoms with Crippen LogP contribution in [0, 0.1) is 12.8 Å². The summed E-state index contributed by atoms with van der Waals surface area (Å²) in [5, 5.41) is 6.91. The number of thioether (sulfide) groups is 1. The zero-order valence-corrected chi connectivity index (χ0v) is 17.2. The van der Waals surface area contributed by atoms with Crippen molar-refractivity contribution in [3.8, 4) is 5.19 Å². The molecule has 1 aliphatic rings. The van der Waals surface area contributed by atoms with Crippen LogP contribution in [0.1, 0.15) is 55.0 Å². The molecule has 3 rings (SSSR count). The first-order valence-electron chi connectivity index (χ1n) is 8.81. The summed E-state index contributed by atoms with van der Waals surface area (Å²) in [6, 6.07) is 1.57. The molecule has 2 aromatic rings. The Balaban J connectivity index is 1.82. The van der Waals surface area contributed by atoms with Gasteiger partial charge in [0, 0.05) is 5.25 Å². The quantitative estimate of drug-likeness (QED) is 0.490.